The van der Waals surface area contributed by atoms with Crippen LogP contribution in [0.3, 0.4) is 0 Å². The summed E-state index contributed by atoms with van der Waals surface area (Å²) in [6.07, 6.45) is 1.73. The molecule has 30 heavy (non-hydrogen) atoms. The maximum Gasteiger partial charge on any atom is 0.219 e. The van der Waals surface area contributed by atoms with Gasteiger partial charge < -0.3 is 10.0 Å². The molecule has 0 saturated carbocycles. The summed E-state index contributed by atoms with van der Waals surface area (Å²) in [5, 5.41) is 24.1. The molecule has 0 aliphatic carbocycles. The number of carbonyl (C=O) groups excluding carboxylic acids is 1. The third kappa shape index (κ3) is 4.29. The number of tetrazole rings is 1. The van der Waals surface area contributed by atoms with Gasteiger partial charge in [-0.1, -0.05) is 23.4 Å². The summed E-state index contributed by atoms with van der Waals surface area (Å²) in [4.78, 5) is 13.6. The van der Waals surface area contributed by atoms with Gasteiger partial charge in [0, 0.05) is 36.7 Å². The van der Waals surface area contributed by atoms with E-state index in [2.05, 4.69) is 38.5 Å². The predicted octanol–water partition coefficient (Wildman–Crippen LogP) is 3.35. The lowest BCUT2D eigenvalue weighted by Crippen LogP contribution is -2.36. The maximum absolute atomic E-state index is 11.7. The van der Waals surface area contributed by atoms with Gasteiger partial charge in [0.25, 0.3) is 0 Å². The first-order valence-corrected chi connectivity index (χ1v) is 10.0. The number of phenolic OH excluding ortho intramolecular Hbond substituents is 1. The number of benzene rings is 2. The number of piperidine rings is 1. The fraction of sp³-hybridized carbons (Fsp3) is 0.273. The molecule has 2 aromatic carbocycles. The second kappa shape index (κ2) is 8.56. The fourth-order valence-corrected chi connectivity index (χ4v) is 3.91. The van der Waals surface area contributed by atoms with Gasteiger partial charge in [-0.2, -0.15) is 0 Å². The molecule has 1 amide bonds. The van der Waals surface area contributed by atoms with Gasteiger partial charge in [-0.3, -0.25) is 4.79 Å². The summed E-state index contributed by atoms with van der Waals surface area (Å²) >= 11 is 6.20. The minimum Gasteiger partial charge on any atom is -0.508 e. The van der Waals surface area contributed by atoms with Gasteiger partial charge in [-0.25, -0.2) is 5.10 Å². The first-order valence-electron chi connectivity index (χ1n) is 9.65. The molecule has 2 N–H and O–H groups in total. The fourth-order valence-electron chi connectivity index (χ4n) is 3.69. The highest BCUT2D eigenvalue weighted by molar-refractivity contribution is 6.31. The van der Waals surface area contributed by atoms with Crippen molar-refractivity contribution in [1.29, 1.82) is 0 Å². The van der Waals surface area contributed by atoms with E-state index >= 15 is 0 Å². The zero-order chi connectivity index (χ0) is 21.1. The molecule has 3 aromatic rings. The van der Waals surface area contributed by atoms with Gasteiger partial charge in [-0.05, 0) is 71.1 Å². The highest BCUT2D eigenvalue weighted by atomic mass is 35.5. The smallest absolute Gasteiger partial charge is 0.219 e. The van der Waals surface area contributed by atoms with Crippen LogP contribution >= 0.6 is 11.6 Å². The van der Waals surface area contributed by atoms with Crippen molar-refractivity contribution in [2.75, 3.05) is 13.1 Å². The molecule has 1 aromatic heterocycles. The Hall–Kier alpha value is -3.37. The highest BCUT2D eigenvalue weighted by Gasteiger charge is 2.24. The number of H-pyrrole nitrogens is 1. The second-order valence-corrected chi connectivity index (χ2v) is 7.65. The van der Waals surface area contributed by atoms with E-state index in [4.69, 9.17) is 11.6 Å². The van der Waals surface area contributed by atoms with E-state index in [1.54, 1.807) is 19.1 Å². The van der Waals surface area contributed by atoms with E-state index in [1.165, 1.54) is 6.07 Å². The molecule has 8 heteroatoms. The molecule has 2 heterocycles. The third-order valence-corrected chi connectivity index (χ3v) is 5.65. The molecule has 7 nitrogen and oxygen atoms in total. The largest absolute Gasteiger partial charge is 0.508 e. The van der Waals surface area contributed by atoms with Crippen LogP contribution in [-0.2, 0) is 4.79 Å². The SMILES string of the molecule is CC(=O)N1CCC(c2cc(-c3nnn[nH]3)ccc2C#Cc2ccc(O)cc2Cl)CC1. The molecule has 0 bridgehead atoms. The number of nitrogens with zero attached hydrogens (tertiary/aromatic N) is 4. The Kier molecular flexibility index (Phi) is 5.68. The molecule has 0 spiro atoms. The summed E-state index contributed by atoms with van der Waals surface area (Å²) in [6.45, 7) is 3.06. The Balaban J connectivity index is 1.70. The van der Waals surface area contributed by atoms with Crippen molar-refractivity contribution in [1.82, 2.24) is 25.5 Å². The minimum atomic E-state index is 0.105. The normalized spacial score (nSPS) is 14.3. The predicted molar refractivity (Wildman–Crippen MR) is 113 cm³/mol. The number of nitrogens with one attached hydrogen (secondary N) is 1. The Morgan fingerprint density at radius 1 is 1.17 bits per heavy atom. The van der Waals surface area contributed by atoms with E-state index in [1.807, 2.05) is 17.0 Å². The lowest BCUT2D eigenvalue weighted by Gasteiger charge is -2.32. The van der Waals surface area contributed by atoms with Crippen molar-refractivity contribution in [2.45, 2.75) is 25.7 Å². The number of halogens is 1. The van der Waals surface area contributed by atoms with E-state index in [-0.39, 0.29) is 17.6 Å². The summed E-state index contributed by atoms with van der Waals surface area (Å²) in [6, 6.07) is 10.7. The van der Waals surface area contributed by atoms with Crippen molar-refractivity contribution in [3.63, 3.8) is 0 Å². The van der Waals surface area contributed by atoms with Crippen molar-refractivity contribution in [2.24, 2.45) is 0 Å². The van der Waals surface area contributed by atoms with Crippen LogP contribution in [0.1, 0.15) is 42.4 Å². The number of aromatic nitrogens is 4. The topological polar surface area (TPSA) is 95.0 Å². The number of aromatic amines is 1. The van der Waals surface area contributed by atoms with Crippen LogP contribution in [0.15, 0.2) is 36.4 Å². The molecule has 0 atom stereocenters. The molecule has 1 aliphatic rings. The van der Waals surface area contributed by atoms with Crippen LogP contribution in [-0.4, -0.2) is 49.6 Å². The Morgan fingerprint density at radius 2 is 1.90 bits per heavy atom. The standard InChI is InChI=1S/C22H20ClN5O2/c1-14(29)28-10-8-16(9-11-28)20-12-18(22-24-26-27-25-22)5-3-15(20)2-4-17-6-7-19(30)13-21(17)23/h3,5-7,12-13,16,30H,8-11H2,1H3,(H,24,25,26,27). The van der Waals surface area contributed by atoms with E-state index in [9.17, 15) is 9.90 Å². The number of likely N-dealkylation sites (tertiary alicyclic amines) is 1. The Labute approximate surface area is 179 Å². The molecule has 1 fully saturated rings. The molecule has 4 rings (SSSR count). The quantitative estimate of drug-likeness (QED) is 0.619. The van der Waals surface area contributed by atoms with Crippen molar-refractivity contribution in [3.8, 4) is 29.0 Å². The Bertz CT molecular complexity index is 1130. The monoisotopic (exact) mass is 421 g/mol. The summed E-state index contributed by atoms with van der Waals surface area (Å²) < 4.78 is 0. The number of amides is 1. The van der Waals surface area contributed by atoms with Gasteiger partial charge in [0.15, 0.2) is 5.82 Å². The first kappa shape index (κ1) is 19.9. The van der Waals surface area contributed by atoms with E-state index in [0.717, 1.165) is 42.6 Å². The molecule has 152 valence electrons. The Morgan fingerprint density at radius 3 is 2.57 bits per heavy atom. The number of hydrogen-bond donors (Lipinski definition) is 2. The van der Waals surface area contributed by atoms with Gasteiger partial charge in [-0.15, -0.1) is 5.10 Å². The van der Waals surface area contributed by atoms with Gasteiger partial charge in [0.1, 0.15) is 5.75 Å². The third-order valence-electron chi connectivity index (χ3n) is 5.33. The van der Waals surface area contributed by atoms with Crippen molar-refractivity contribution < 1.29 is 9.90 Å². The number of rotatable bonds is 2. The number of hydrogen-bond acceptors (Lipinski definition) is 5. The molecule has 0 radical (unpaired) electrons. The average molecular weight is 422 g/mol. The summed E-state index contributed by atoms with van der Waals surface area (Å²) in [7, 11) is 0. The number of aromatic hydroxyl groups is 1. The van der Waals surface area contributed by atoms with Crippen LogP contribution in [0.25, 0.3) is 11.4 Å². The van der Waals surface area contributed by atoms with Gasteiger partial charge in [0.05, 0.1) is 5.02 Å². The number of carbonyl (C=O) groups is 1. The minimum absolute atomic E-state index is 0.105. The van der Waals surface area contributed by atoms with Crippen LogP contribution < -0.4 is 0 Å². The van der Waals surface area contributed by atoms with Crippen LogP contribution in [0.5, 0.6) is 5.75 Å². The van der Waals surface area contributed by atoms with Gasteiger partial charge >= 0.3 is 0 Å². The number of phenols is 1. The zero-order valence-electron chi connectivity index (χ0n) is 16.4. The lowest BCUT2D eigenvalue weighted by molar-refractivity contribution is -0.129. The van der Waals surface area contributed by atoms with Gasteiger partial charge in [0.2, 0.25) is 5.91 Å². The average Bonchev–Trinajstić information content (AvgIpc) is 3.28. The highest BCUT2D eigenvalue weighted by Crippen LogP contribution is 2.33. The van der Waals surface area contributed by atoms with Crippen LogP contribution in [0.4, 0.5) is 0 Å². The van der Waals surface area contributed by atoms with E-state index < -0.39 is 0 Å². The van der Waals surface area contributed by atoms with Crippen LogP contribution in [0, 0.1) is 11.8 Å². The maximum atomic E-state index is 11.7. The molecule has 1 aliphatic heterocycles. The van der Waals surface area contributed by atoms with Crippen molar-refractivity contribution >= 4 is 17.5 Å². The first-order chi connectivity index (χ1) is 14.5. The molecular formula is C22H20ClN5O2. The summed E-state index contributed by atoms with van der Waals surface area (Å²) in [5.74, 6) is 7.43. The molecular weight excluding hydrogens is 402 g/mol. The van der Waals surface area contributed by atoms with Crippen molar-refractivity contribution in [3.05, 3.63) is 58.1 Å². The second-order valence-electron chi connectivity index (χ2n) is 7.25. The van der Waals surface area contributed by atoms with E-state index in [0.29, 0.717) is 16.4 Å². The summed E-state index contributed by atoms with van der Waals surface area (Å²) in [5.41, 5.74) is 3.54. The molecule has 0 unspecified atom stereocenters. The zero-order valence-corrected chi connectivity index (χ0v) is 17.1. The molecule has 1 saturated heterocycles. The lowest BCUT2D eigenvalue weighted by atomic mass is 9.85. The van der Waals surface area contributed by atoms with Crippen LogP contribution in [0.2, 0.25) is 5.02 Å².